The predicted molar refractivity (Wildman–Crippen MR) is 84.7 cm³/mol. The van der Waals surface area contributed by atoms with Crippen molar-refractivity contribution in [2.45, 2.75) is 36.7 Å². The molecular weight excluding hydrogens is 286 g/mol. The maximum Gasteiger partial charge on any atom is 0.343 e. The number of thioether (sulfide) groups is 1. The fraction of sp³-hybridized carbons (Fsp3) is 0.357. The van der Waals surface area contributed by atoms with Crippen molar-refractivity contribution in [3.63, 3.8) is 0 Å². The smallest absolute Gasteiger partial charge is 0.343 e. The van der Waals surface area contributed by atoms with Gasteiger partial charge in [-0.3, -0.25) is 9.98 Å². The van der Waals surface area contributed by atoms with E-state index in [0.29, 0.717) is 18.1 Å². The molecule has 2 rings (SSSR count). The third-order valence-corrected chi connectivity index (χ3v) is 4.24. The molecule has 1 atom stereocenters. The molecule has 0 saturated carbocycles. The summed E-state index contributed by atoms with van der Waals surface area (Å²) in [5.74, 6) is 0.122. The lowest BCUT2D eigenvalue weighted by atomic mass is 10.1. The van der Waals surface area contributed by atoms with Crippen molar-refractivity contribution in [1.82, 2.24) is 14.8 Å². The van der Waals surface area contributed by atoms with Crippen LogP contribution in [0.2, 0.25) is 0 Å². The average Bonchev–Trinajstić information content (AvgIpc) is 2.80. The summed E-state index contributed by atoms with van der Waals surface area (Å²) in [4.78, 5) is 11.7. The second-order valence-corrected chi connectivity index (χ2v) is 5.88. The van der Waals surface area contributed by atoms with Gasteiger partial charge in [0.05, 0.1) is 5.84 Å². The van der Waals surface area contributed by atoms with Crippen LogP contribution in [0.25, 0.3) is 0 Å². The van der Waals surface area contributed by atoms with Gasteiger partial charge in [-0.1, -0.05) is 49.0 Å². The molecule has 0 fully saturated rings. The van der Waals surface area contributed by atoms with Gasteiger partial charge in [-0.05, 0) is 12.0 Å². The first-order valence-corrected chi connectivity index (χ1v) is 7.69. The number of aromatic nitrogens is 3. The van der Waals surface area contributed by atoms with Gasteiger partial charge in [0.1, 0.15) is 0 Å². The predicted octanol–water partition coefficient (Wildman–Crippen LogP) is 2.14. The van der Waals surface area contributed by atoms with Crippen LogP contribution >= 0.6 is 11.8 Å². The topological polar surface area (TPSA) is 101 Å². The number of nitrogens with one attached hydrogen (secondary N) is 2. The van der Waals surface area contributed by atoms with E-state index < -0.39 is 0 Å². The molecule has 2 aromatic rings. The zero-order valence-corrected chi connectivity index (χ0v) is 12.7. The molecule has 6 nitrogen and oxygen atoms in total. The van der Waals surface area contributed by atoms with Crippen LogP contribution in [-0.4, -0.2) is 20.6 Å². The normalized spacial score (nSPS) is 12.2. The molecule has 1 aromatic heterocycles. The van der Waals surface area contributed by atoms with E-state index in [2.05, 4.69) is 10.2 Å². The summed E-state index contributed by atoms with van der Waals surface area (Å²) >= 11 is 1.46. The first-order valence-electron chi connectivity index (χ1n) is 6.81. The highest BCUT2D eigenvalue weighted by Gasteiger charge is 2.18. The van der Waals surface area contributed by atoms with Crippen molar-refractivity contribution in [1.29, 1.82) is 5.41 Å². The molecule has 112 valence electrons. The van der Waals surface area contributed by atoms with Gasteiger partial charge in [0, 0.05) is 18.2 Å². The van der Waals surface area contributed by atoms with Gasteiger partial charge in [0.2, 0.25) is 0 Å². The van der Waals surface area contributed by atoms with Crippen molar-refractivity contribution in [3.8, 4) is 0 Å². The van der Waals surface area contributed by atoms with Crippen LogP contribution in [0.1, 0.15) is 30.6 Å². The third-order valence-electron chi connectivity index (χ3n) is 2.99. The van der Waals surface area contributed by atoms with E-state index in [0.717, 1.165) is 12.0 Å². The van der Waals surface area contributed by atoms with Crippen LogP contribution in [-0.2, 0) is 6.54 Å². The largest absolute Gasteiger partial charge is 0.388 e. The minimum absolute atomic E-state index is 0.0329. The van der Waals surface area contributed by atoms with Gasteiger partial charge in [-0.15, -0.1) is 5.10 Å². The fourth-order valence-electron chi connectivity index (χ4n) is 2.04. The summed E-state index contributed by atoms with van der Waals surface area (Å²) < 4.78 is 1.63. The Bertz CT molecular complexity index is 649. The Hall–Kier alpha value is -2.02. The van der Waals surface area contributed by atoms with E-state index in [1.54, 1.807) is 4.57 Å². The van der Waals surface area contributed by atoms with E-state index >= 15 is 0 Å². The standard InChI is InChI=1S/C14H19N5OS/c1-2-8-19-13(20)17-18-14(19)21-11(9-12(15)16)10-6-4-3-5-7-10/h3-7,11H,2,8-9H2,1H3,(H3,15,16)(H,17,20). The number of rotatable bonds is 7. The number of hydrogen-bond donors (Lipinski definition) is 3. The number of benzene rings is 1. The molecule has 0 aliphatic carbocycles. The van der Waals surface area contributed by atoms with Crippen LogP contribution < -0.4 is 11.4 Å². The van der Waals surface area contributed by atoms with E-state index in [-0.39, 0.29) is 16.8 Å². The van der Waals surface area contributed by atoms with E-state index in [1.165, 1.54) is 11.8 Å². The molecule has 4 N–H and O–H groups in total. The van der Waals surface area contributed by atoms with E-state index in [1.807, 2.05) is 37.3 Å². The highest BCUT2D eigenvalue weighted by Crippen LogP contribution is 2.36. The molecule has 1 unspecified atom stereocenters. The summed E-state index contributed by atoms with van der Waals surface area (Å²) in [5, 5.41) is 14.7. The van der Waals surface area contributed by atoms with Gasteiger partial charge in [0.15, 0.2) is 5.16 Å². The Balaban J connectivity index is 2.27. The Morgan fingerprint density at radius 1 is 1.48 bits per heavy atom. The average molecular weight is 305 g/mol. The van der Waals surface area contributed by atoms with E-state index in [4.69, 9.17) is 11.1 Å². The first kappa shape index (κ1) is 15.4. The van der Waals surface area contributed by atoms with Crippen LogP contribution in [0.4, 0.5) is 0 Å². The summed E-state index contributed by atoms with van der Waals surface area (Å²) in [6.45, 7) is 2.64. The van der Waals surface area contributed by atoms with Gasteiger partial charge in [-0.2, -0.15) is 0 Å². The lowest BCUT2D eigenvalue weighted by Gasteiger charge is -2.16. The van der Waals surface area contributed by atoms with Crippen molar-refractivity contribution >= 4 is 17.6 Å². The molecular formula is C14H19N5OS. The molecule has 1 heterocycles. The summed E-state index contributed by atoms with van der Waals surface area (Å²) in [7, 11) is 0. The SMILES string of the molecule is CCCn1c(SC(CC(=N)N)c2ccccc2)n[nH]c1=O. The molecule has 0 saturated heterocycles. The Kier molecular flexibility index (Phi) is 5.21. The summed E-state index contributed by atoms with van der Waals surface area (Å²) in [5.41, 5.74) is 6.43. The van der Waals surface area contributed by atoms with Crippen molar-refractivity contribution in [2.24, 2.45) is 5.73 Å². The highest BCUT2D eigenvalue weighted by atomic mass is 32.2. The molecule has 7 heteroatoms. The van der Waals surface area contributed by atoms with Gasteiger partial charge >= 0.3 is 5.69 Å². The minimum Gasteiger partial charge on any atom is -0.388 e. The minimum atomic E-state index is -0.200. The second kappa shape index (κ2) is 7.12. The first-order chi connectivity index (χ1) is 10.1. The fourth-order valence-corrected chi connectivity index (χ4v) is 3.25. The third kappa shape index (κ3) is 3.98. The zero-order valence-electron chi connectivity index (χ0n) is 11.9. The Labute approximate surface area is 127 Å². The molecule has 1 aromatic carbocycles. The Morgan fingerprint density at radius 3 is 2.81 bits per heavy atom. The molecule has 0 bridgehead atoms. The van der Waals surface area contributed by atoms with E-state index in [9.17, 15) is 4.79 Å². The highest BCUT2D eigenvalue weighted by molar-refractivity contribution is 7.99. The number of amidine groups is 1. The van der Waals surface area contributed by atoms with Crippen molar-refractivity contribution in [2.75, 3.05) is 0 Å². The number of H-pyrrole nitrogens is 1. The van der Waals surface area contributed by atoms with Crippen LogP contribution in [0.15, 0.2) is 40.3 Å². The number of aromatic amines is 1. The number of hydrogen-bond acceptors (Lipinski definition) is 4. The molecule has 21 heavy (non-hydrogen) atoms. The van der Waals surface area contributed by atoms with Crippen molar-refractivity contribution in [3.05, 3.63) is 46.4 Å². The monoisotopic (exact) mass is 305 g/mol. The maximum atomic E-state index is 11.7. The molecule has 0 aliphatic rings. The zero-order chi connectivity index (χ0) is 15.2. The lowest BCUT2D eigenvalue weighted by molar-refractivity contribution is 0.603. The lowest BCUT2D eigenvalue weighted by Crippen LogP contribution is -2.18. The van der Waals surface area contributed by atoms with Gasteiger partial charge in [0.25, 0.3) is 0 Å². The summed E-state index contributed by atoms with van der Waals surface area (Å²) in [6.07, 6.45) is 1.28. The maximum absolute atomic E-state index is 11.7. The van der Waals surface area contributed by atoms with Gasteiger partial charge in [-0.25, -0.2) is 9.89 Å². The molecule has 0 aliphatic heterocycles. The number of nitrogens with two attached hydrogens (primary N) is 1. The van der Waals surface area contributed by atoms with Crippen LogP contribution in [0.3, 0.4) is 0 Å². The quantitative estimate of drug-likeness (QED) is 0.414. The molecule has 0 spiro atoms. The van der Waals surface area contributed by atoms with Gasteiger partial charge < -0.3 is 5.73 Å². The summed E-state index contributed by atoms with van der Waals surface area (Å²) in [6, 6.07) is 9.84. The van der Waals surface area contributed by atoms with Crippen LogP contribution in [0.5, 0.6) is 0 Å². The molecule has 0 amide bonds. The second-order valence-electron chi connectivity index (χ2n) is 4.71. The van der Waals surface area contributed by atoms with Crippen LogP contribution in [0, 0.1) is 5.41 Å². The Morgan fingerprint density at radius 2 is 2.19 bits per heavy atom. The van der Waals surface area contributed by atoms with Crippen molar-refractivity contribution < 1.29 is 0 Å². The molecule has 0 radical (unpaired) electrons. The number of nitrogens with zero attached hydrogens (tertiary/aromatic N) is 2.